The SMILES string of the molecule is C=C(CCn1ccnc1)C(=O)[O-]. The third-order valence-corrected chi connectivity index (χ3v) is 1.52. The molecule has 1 rings (SSSR count). The van der Waals surface area contributed by atoms with Gasteiger partial charge in [-0.1, -0.05) is 6.58 Å². The second kappa shape index (κ2) is 3.71. The number of aromatic nitrogens is 2. The summed E-state index contributed by atoms with van der Waals surface area (Å²) in [5.41, 5.74) is 0.115. The number of carbonyl (C=O) groups excluding carboxylic acids is 1. The minimum absolute atomic E-state index is 0.115. The molecule has 1 aromatic heterocycles. The molecule has 0 N–H and O–H groups in total. The Morgan fingerprint density at radius 3 is 2.92 bits per heavy atom. The summed E-state index contributed by atoms with van der Waals surface area (Å²) in [5, 5.41) is 10.2. The van der Waals surface area contributed by atoms with Crippen LogP contribution in [0.3, 0.4) is 0 Å². The third kappa shape index (κ3) is 2.23. The van der Waals surface area contributed by atoms with E-state index in [4.69, 9.17) is 0 Å². The van der Waals surface area contributed by atoms with E-state index >= 15 is 0 Å². The van der Waals surface area contributed by atoms with E-state index < -0.39 is 5.97 Å². The van der Waals surface area contributed by atoms with Crippen LogP contribution in [0.5, 0.6) is 0 Å². The molecule has 0 amide bonds. The predicted molar refractivity (Wildman–Crippen MR) is 41.0 cm³/mol. The van der Waals surface area contributed by atoms with Gasteiger partial charge in [0.2, 0.25) is 0 Å². The smallest absolute Gasteiger partial charge is 0.0946 e. The molecule has 4 heteroatoms. The third-order valence-electron chi connectivity index (χ3n) is 1.52. The molecule has 0 spiro atoms. The van der Waals surface area contributed by atoms with Gasteiger partial charge in [0.15, 0.2) is 0 Å². The quantitative estimate of drug-likeness (QED) is 0.569. The number of hydrogen-bond acceptors (Lipinski definition) is 3. The van der Waals surface area contributed by atoms with E-state index in [1.54, 1.807) is 23.3 Å². The van der Waals surface area contributed by atoms with Crippen molar-refractivity contribution in [1.82, 2.24) is 9.55 Å². The fourth-order valence-corrected chi connectivity index (χ4v) is 0.785. The molecule has 0 radical (unpaired) electrons. The molecule has 0 aliphatic heterocycles. The Morgan fingerprint density at radius 2 is 2.42 bits per heavy atom. The van der Waals surface area contributed by atoms with Gasteiger partial charge in [-0.2, -0.15) is 0 Å². The number of imidazole rings is 1. The van der Waals surface area contributed by atoms with Crippen LogP contribution in [0.15, 0.2) is 30.9 Å². The number of rotatable bonds is 4. The highest BCUT2D eigenvalue weighted by molar-refractivity contribution is 5.83. The molecule has 4 nitrogen and oxygen atoms in total. The standard InChI is InChI=1S/C8H10N2O2/c1-7(8(11)12)2-4-10-5-3-9-6-10/h3,5-6H,1-2,4H2,(H,11,12)/p-1. The molecule has 0 saturated carbocycles. The van der Waals surface area contributed by atoms with Gasteiger partial charge in [-0.3, -0.25) is 0 Å². The molecule has 0 unspecified atom stereocenters. The minimum Gasteiger partial charge on any atom is -0.545 e. The molecule has 0 aliphatic carbocycles. The second-order valence-corrected chi connectivity index (χ2v) is 2.44. The fourth-order valence-electron chi connectivity index (χ4n) is 0.785. The number of hydrogen-bond donors (Lipinski definition) is 0. The average Bonchev–Trinajstić information content (AvgIpc) is 2.51. The Bertz CT molecular complexity index is 277. The van der Waals surface area contributed by atoms with Crippen LogP contribution in [0, 0.1) is 0 Å². The molecular formula is C8H9N2O2-. The zero-order valence-corrected chi connectivity index (χ0v) is 6.56. The predicted octanol–water partition coefficient (Wildman–Crippen LogP) is -0.421. The van der Waals surface area contributed by atoms with Gasteiger partial charge >= 0.3 is 0 Å². The van der Waals surface area contributed by atoms with E-state index in [1.165, 1.54) is 0 Å². The van der Waals surface area contributed by atoms with Crippen molar-refractivity contribution in [3.8, 4) is 0 Å². The molecule has 64 valence electrons. The van der Waals surface area contributed by atoms with Crippen molar-refractivity contribution in [1.29, 1.82) is 0 Å². The summed E-state index contributed by atoms with van der Waals surface area (Å²) in [7, 11) is 0. The van der Waals surface area contributed by atoms with Crippen LogP contribution in [0.1, 0.15) is 6.42 Å². The lowest BCUT2D eigenvalue weighted by Gasteiger charge is -2.05. The first kappa shape index (κ1) is 8.52. The lowest BCUT2D eigenvalue weighted by Crippen LogP contribution is -2.24. The fraction of sp³-hybridized carbons (Fsp3) is 0.250. The Balaban J connectivity index is 2.37. The van der Waals surface area contributed by atoms with E-state index in [1.807, 2.05) is 0 Å². The molecule has 0 saturated heterocycles. The molecule has 0 bridgehead atoms. The van der Waals surface area contributed by atoms with Gasteiger partial charge in [-0.25, -0.2) is 4.98 Å². The lowest BCUT2D eigenvalue weighted by molar-refractivity contribution is -0.299. The minimum atomic E-state index is -1.19. The molecule has 0 aliphatic rings. The van der Waals surface area contributed by atoms with E-state index in [0.29, 0.717) is 13.0 Å². The summed E-state index contributed by atoms with van der Waals surface area (Å²) in [4.78, 5) is 14.0. The number of carboxylic acids is 1. The molecule has 12 heavy (non-hydrogen) atoms. The summed E-state index contributed by atoms with van der Waals surface area (Å²) in [6.07, 6.45) is 5.42. The van der Waals surface area contributed by atoms with Crippen molar-refractivity contribution in [3.05, 3.63) is 30.9 Å². The van der Waals surface area contributed by atoms with E-state index in [0.717, 1.165) is 0 Å². The molecular weight excluding hydrogens is 156 g/mol. The first-order chi connectivity index (χ1) is 5.70. The van der Waals surface area contributed by atoms with Gasteiger partial charge in [0, 0.05) is 18.9 Å². The second-order valence-electron chi connectivity index (χ2n) is 2.44. The molecule has 0 atom stereocenters. The Hall–Kier alpha value is -1.58. The summed E-state index contributed by atoms with van der Waals surface area (Å²) < 4.78 is 1.79. The maximum absolute atomic E-state index is 10.2. The van der Waals surface area contributed by atoms with Crippen LogP contribution in [0.25, 0.3) is 0 Å². The Morgan fingerprint density at radius 1 is 1.67 bits per heavy atom. The first-order valence-corrected chi connectivity index (χ1v) is 3.55. The van der Waals surface area contributed by atoms with Gasteiger partial charge in [-0.05, 0) is 12.0 Å². The number of aryl methyl sites for hydroxylation is 1. The van der Waals surface area contributed by atoms with Gasteiger partial charge in [0.25, 0.3) is 0 Å². The largest absolute Gasteiger partial charge is 0.545 e. The topological polar surface area (TPSA) is 58.0 Å². The van der Waals surface area contributed by atoms with Crippen LogP contribution >= 0.6 is 0 Å². The summed E-state index contributed by atoms with van der Waals surface area (Å²) in [6, 6.07) is 0. The Kier molecular flexibility index (Phi) is 2.63. The van der Waals surface area contributed by atoms with Crippen molar-refractivity contribution in [2.24, 2.45) is 0 Å². The zero-order chi connectivity index (χ0) is 8.97. The number of carbonyl (C=O) groups is 1. The van der Waals surface area contributed by atoms with Gasteiger partial charge in [0.05, 0.1) is 12.3 Å². The summed E-state index contributed by atoms with van der Waals surface area (Å²) in [5.74, 6) is -1.19. The van der Waals surface area contributed by atoms with Crippen LogP contribution in [0.4, 0.5) is 0 Å². The number of aliphatic carboxylic acids is 1. The maximum atomic E-state index is 10.2. The van der Waals surface area contributed by atoms with Crippen molar-refractivity contribution < 1.29 is 9.90 Å². The van der Waals surface area contributed by atoms with Gasteiger partial charge < -0.3 is 14.5 Å². The number of nitrogens with zero attached hydrogens (tertiary/aromatic N) is 2. The lowest BCUT2D eigenvalue weighted by atomic mass is 10.2. The van der Waals surface area contributed by atoms with Crippen molar-refractivity contribution in [3.63, 3.8) is 0 Å². The Labute approximate surface area is 70.2 Å². The first-order valence-electron chi connectivity index (χ1n) is 3.55. The van der Waals surface area contributed by atoms with E-state index in [-0.39, 0.29) is 5.57 Å². The van der Waals surface area contributed by atoms with Gasteiger partial charge in [-0.15, -0.1) is 0 Å². The molecule has 0 fully saturated rings. The van der Waals surface area contributed by atoms with Crippen molar-refractivity contribution >= 4 is 5.97 Å². The number of carboxylic acid groups (broad SMARTS) is 1. The average molecular weight is 165 g/mol. The van der Waals surface area contributed by atoms with Crippen LogP contribution in [-0.2, 0) is 11.3 Å². The van der Waals surface area contributed by atoms with Crippen LogP contribution in [-0.4, -0.2) is 15.5 Å². The van der Waals surface area contributed by atoms with Crippen molar-refractivity contribution in [2.45, 2.75) is 13.0 Å². The van der Waals surface area contributed by atoms with Crippen molar-refractivity contribution in [2.75, 3.05) is 0 Å². The van der Waals surface area contributed by atoms with Gasteiger partial charge in [0.1, 0.15) is 0 Å². The maximum Gasteiger partial charge on any atom is 0.0946 e. The highest BCUT2D eigenvalue weighted by atomic mass is 16.4. The molecule has 0 aromatic carbocycles. The highest BCUT2D eigenvalue weighted by Gasteiger charge is 1.95. The van der Waals surface area contributed by atoms with E-state index in [9.17, 15) is 9.90 Å². The normalized spacial score (nSPS) is 9.67. The molecule has 1 aromatic rings. The zero-order valence-electron chi connectivity index (χ0n) is 6.56. The molecule has 1 heterocycles. The summed E-state index contributed by atoms with van der Waals surface area (Å²) >= 11 is 0. The monoisotopic (exact) mass is 165 g/mol. The van der Waals surface area contributed by atoms with E-state index in [2.05, 4.69) is 11.6 Å². The highest BCUT2D eigenvalue weighted by Crippen LogP contribution is 1.99. The van der Waals surface area contributed by atoms with Crippen LogP contribution < -0.4 is 5.11 Å². The van der Waals surface area contributed by atoms with Crippen LogP contribution in [0.2, 0.25) is 0 Å². The summed E-state index contributed by atoms with van der Waals surface area (Å²) in [6.45, 7) is 3.93.